The summed E-state index contributed by atoms with van der Waals surface area (Å²) in [7, 11) is 0. The van der Waals surface area contributed by atoms with Gasteiger partial charge in [-0.25, -0.2) is 4.79 Å². The molecule has 0 saturated carbocycles. The number of rotatable bonds is 5. The smallest absolute Gasteiger partial charge is 0.409 e. The zero-order valence-corrected chi connectivity index (χ0v) is 13.2. The third kappa shape index (κ3) is 4.01. The van der Waals surface area contributed by atoms with Crippen LogP contribution in [-0.4, -0.2) is 56.2 Å². The van der Waals surface area contributed by atoms with Crippen molar-refractivity contribution < 1.29 is 14.3 Å². The molecule has 2 aliphatic heterocycles. The van der Waals surface area contributed by atoms with Gasteiger partial charge in [-0.3, -0.25) is 4.79 Å². The predicted molar refractivity (Wildman–Crippen MR) is 86.5 cm³/mol. The van der Waals surface area contributed by atoms with Crippen LogP contribution in [0.5, 0.6) is 0 Å². The maximum absolute atomic E-state index is 12.1. The number of piperidine rings is 1. The Balaban J connectivity index is 1.48. The Labute approximate surface area is 136 Å². The van der Waals surface area contributed by atoms with Gasteiger partial charge in [-0.05, 0) is 43.0 Å². The van der Waals surface area contributed by atoms with Gasteiger partial charge in [0.15, 0.2) is 0 Å². The monoisotopic (exact) mass is 317 g/mol. The van der Waals surface area contributed by atoms with Crippen molar-refractivity contribution in [3.8, 4) is 0 Å². The van der Waals surface area contributed by atoms with E-state index >= 15 is 0 Å². The zero-order chi connectivity index (χ0) is 16.1. The standard InChI is InChI=1S/C17H23N3O3/c21-16(19-8-9-20-10-11-23-17(20)22)14-5-3-13(4-6-14)15-2-1-7-18-12-15/h3-6,15,18H,1-2,7-12H2,(H,19,21). The van der Waals surface area contributed by atoms with Gasteiger partial charge in [0.05, 0.1) is 6.54 Å². The molecule has 2 N–H and O–H groups in total. The molecule has 2 amide bonds. The van der Waals surface area contributed by atoms with Crippen LogP contribution < -0.4 is 10.6 Å². The molecule has 2 heterocycles. The molecule has 0 bridgehead atoms. The van der Waals surface area contributed by atoms with Crippen molar-refractivity contribution in [2.24, 2.45) is 0 Å². The van der Waals surface area contributed by atoms with Gasteiger partial charge < -0.3 is 20.3 Å². The molecule has 1 aromatic rings. The number of nitrogens with zero attached hydrogens (tertiary/aromatic N) is 1. The fourth-order valence-electron chi connectivity index (χ4n) is 3.08. The fourth-order valence-corrected chi connectivity index (χ4v) is 3.08. The third-order valence-electron chi connectivity index (χ3n) is 4.45. The lowest BCUT2D eigenvalue weighted by Crippen LogP contribution is -2.35. The molecule has 23 heavy (non-hydrogen) atoms. The molecule has 2 aliphatic rings. The van der Waals surface area contributed by atoms with Crippen LogP contribution in [0.2, 0.25) is 0 Å². The highest BCUT2D eigenvalue weighted by molar-refractivity contribution is 5.94. The minimum absolute atomic E-state index is 0.106. The molecule has 1 aromatic carbocycles. The number of carbonyl (C=O) groups is 2. The molecule has 2 saturated heterocycles. The molecular weight excluding hydrogens is 294 g/mol. The Hall–Kier alpha value is -2.08. The summed E-state index contributed by atoms with van der Waals surface area (Å²) in [5, 5.41) is 6.25. The van der Waals surface area contributed by atoms with E-state index in [0.717, 1.165) is 13.1 Å². The Bertz CT molecular complexity index is 553. The van der Waals surface area contributed by atoms with Crippen molar-refractivity contribution in [2.45, 2.75) is 18.8 Å². The van der Waals surface area contributed by atoms with Crippen LogP contribution in [0.4, 0.5) is 4.79 Å². The average molecular weight is 317 g/mol. The number of benzene rings is 1. The lowest BCUT2D eigenvalue weighted by molar-refractivity contribution is 0.0948. The van der Waals surface area contributed by atoms with Crippen molar-refractivity contribution in [1.29, 1.82) is 0 Å². The first-order chi connectivity index (χ1) is 11.2. The van der Waals surface area contributed by atoms with Crippen molar-refractivity contribution in [3.63, 3.8) is 0 Å². The second-order valence-corrected chi connectivity index (χ2v) is 6.02. The quantitative estimate of drug-likeness (QED) is 0.860. The van der Waals surface area contributed by atoms with Crippen molar-refractivity contribution in [1.82, 2.24) is 15.5 Å². The van der Waals surface area contributed by atoms with E-state index in [9.17, 15) is 9.59 Å². The summed E-state index contributed by atoms with van der Waals surface area (Å²) in [6.45, 7) is 4.06. The first kappa shape index (κ1) is 15.8. The highest BCUT2D eigenvalue weighted by Crippen LogP contribution is 2.23. The van der Waals surface area contributed by atoms with E-state index < -0.39 is 0 Å². The zero-order valence-electron chi connectivity index (χ0n) is 13.2. The van der Waals surface area contributed by atoms with E-state index in [-0.39, 0.29) is 12.0 Å². The molecule has 124 valence electrons. The minimum atomic E-state index is -0.301. The van der Waals surface area contributed by atoms with Gasteiger partial charge in [-0.2, -0.15) is 0 Å². The van der Waals surface area contributed by atoms with E-state index in [0.29, 0.717) is 37.7 Å². The van der Waals surface area contributed by atoms with Crippen LogP contribution >= 0.6 is 0 Å². The highest BCUT2D eigenvalue weighted by Gasteiger charge is 2.21. The van der Waals surface area contributed by atoms with Crippen LogP contribution in [0, 0.1) is 0 Å². The molecule has 0 radical (unpaired) electrons. The number of amides is 2. The average Bonchev–Trinajstić information content (AvgIpc) is 3.01. The van der Waals surface area contributed by atoms with Crippen LogP contribution in [0.3, 0.4) is 0 Å². The fraction of sp³-hybridized carbons (Fsp3) is 0.529. The van der Waals surface area contributed by atoms with Crippen LogP contribution in [0.1, 0.15) is 34.7 Å². The van der Waals surface area contributed by atoms with Crippen molar-refractivity contribution in [3.05, 3.63) is 35.4 Å². The summed E-state index contributed by atoms with van der Waals surface area (Å²) in [5.74, 6) is 0.438. The topological polar surface area (TPSA) is 70.7 Å². The van der Waals surface area contributed by atoms with Crippen molar-refractivity contribution >= 4 is 12.0 Å². The van der Waals surface area contributed by atoms with Gasteiger partial charge in [0, 0.05) is 25.2 Å². The van der Waals surface area contributed by atoms with Gasteiger partial charge in [0.2, 0.25) is 0 Å². The lowest BCUT2D eigenvalue weighted by atomic mass is 9.91. The van der Waals surface area contributed by atoms with E-state index in [4.69, 9.17) is 4.74 Å². The molecule has 0 aliphatic carbocycles. The minimum Gasteiger partial charge on any atom is -0.448 e. The number of cyclic esters (lactones) is 1. The summed E-state index contributed by atoms with van der Waals surface area (Å²) in [6, 6.07) is 7.85. The van der Waals surface area contributed by atoms with Gasteiger partial charge in [-0.15, -0.1) is 0 Å². The predicted octanol–water partition coefficient (Wildman–Crippen LogP) is 1.34. The molecule has 0 aromatic heterocycles. The van der Waals surface area contributed by atoms with E-state index in [1.165, 1.54) is 18.4 Å². The maximum atomic E-state index is 12.1. The number of carbonyl (C=O) groups excluding carboxylic acids is 2. The normalized spacial score (nSPS) is 21.1. The van der Waals surface area contributed by atoms with E-state index in [1.807, 2.05) is 24.3 Å². The Morgan fingerprint density at radius 1 is 1.35 bits per heavy atom. The Kier molecular flexibility index (Phi) is 5.12. The molecule has 6 heteroatoms. The van der Waals surface area contributed by atoms with Crippen LogP contribution in [0.25, 0.3) is 0 Å². The molecule has 0 spiro atoms. The summed E-state index contributed by atoms with van der Waals surface area (Å²) in [6.07, 6.45) is 2.10. The number of nitrogens with one attached hydrogen (secondary N) is 2. The van der Waals surface area contributed by atoms with Gasteiger partial charge >= 0.3 is 6.09 Å². The number of hydrogen-bond donors (Lipinski definition) is 2. The molecule has 1 atom stereocenters. The molecule has 2 fully saturated rings. The van der Waals surface area contributed by atoms with Crippen LogP contribution in [0.15, 0.2) is 24.3 Å². The number of ether oxygens (including phenoxy) is 1. The second kappa shape index (κ2) is 7.46. The van der Waals surface area contributed by atoms with Gasteiger partial charge in [0.25, 0.3) is 5.91 Å². The summed E-state index contributed by atoms with van der Waals surface area (Å²) >= 11 is 0. The highest BCUT2D eigenvalue weighted by atomic mass is 16.6. The molecule has 1 unspecified atom stereocenters. The molecule has 6 nitrogen and oxygen atoms in total. The van der Waals surface area contributed by atoms with Gasteiger partial charge in [-0.1, -0.05) is 12.1 Å². The molecule has 3 rings (SSSR count). The Morgan fingerprint density at radius 3 is 2.83 bits per heavy atom. The van der Waals surface area contributed by atoms with E-state index in [2.05, 4.69) is 10.6 Å². The summed E-state index contributed by atoms with van der Waals surface area (Å²) < 4.78 is 4.85. The van der Waals surface area contributed by atoms with Crippen LogP contribution in [-0.2, 0) is 4.74 Å². The maximum Gasteiger partial charge on any atom is 0.409 e. The second-order valence-electron chi connectivity index (χ2n) is 6.02. The van der Waals surface area contributed by atoms with E-state index in [1.54, 1.807) is 4.90 Å². The summed E-state index contributed by atoms with van der Waals surface area (Å²) in [5.41, 5.74) is 1.94. The third-order valence-corrected chi connectivity index (χ3v) is 4.45. The first-order valence-electron chi connectivity index (χ1n) is 8.24. The molecular formula is C17H23N3O3. The summed E-state index contributed by atoms with van der Waals surface area (Å²) in [4.78, 5) is 25.0. The lowest BCUT2D eigenvalue weighted by Gasteiger charge is -2.23. The first-order valence-corrected chi connectivity index (χ1v) is 8.24. The Morgan fingerprint density at radius 2 is 2.17 bits per heavy atom. The SMILES string of the molecule is O=C(NCCN1CCOC1=O)c1ccc(C2CCCNC2)cc1. The number of hydrogen-bond acceptors (Lipinski definition) is 4. The largest absolute Gasteiger partial charge is 0.448 e. The van der Waals surface area contributed by atoms with Gasteiger partial charge in [0.1, 0.15) is 6.61 Å². The van der Waals surface area contributed by atoms with Crippen molar-refractivity contribution in [2.75, 3.05) is 39.3 Å².